The number of aromatic hydroxyl groups is 1. The first-order valence-electron chi connectivity index (χ1n) is 5.76. The Morgan fingerprint density at radius 2 is 1.85 bits per heavy atom. The van der Waals surface area contributed by atoms with Gasteiger partial charge in [-0.1, -0.05) is 6.07 Å². The Balaban J connectivity index is 2.56. The Morgan fingerprint density at radius 1 is 1.10 bits per heavy atom. The lowest BCUT2D eigenvalue weighted by atomic mass is 10.0. The first kappa shape index (κ1) is 13.7. The second-order valence-electron chi connectivity index (χ2n) is 4.03. The lowest BCUT2D eigenvalue weighted by molar-refractivity contribution is -0.385. The summed E-state index contributed by atoms with van der Waals surface area (Å²) >= 11 is 0. The Bertz CT molecular complexity index is 654. The van der Waals surface area contributed by atoms with Gasteiger partial charge in [0, 0.05) is 17.7 Å². The van der Waals surface area contributed by atoms with Crippen molar-refractivity contribution in [3.8, 4) is 28.4 Å². The van der Waals surface area contributed by atoms with E-state index in [1.807, 2.05) is 0 Å². The van der Waals surface area contributed by atoms with Crippen molar-refractivity contribution in [2.24, 2.45) is 0 Å². The zero-order chi connectivity index (χ0) is 14.7. The molecule has 0 radical (unpaired) electrons. The number of nitro groups is 1. The van der Waals surface area contributed by atoms with Gasteiger partial charge in [-0.05, 0) is 23.8 Å². The number of hydrogen-bond donors (Lipinski definition) is 1. The molecule has 0 spiro atoms. The van der Waals surface area contributed by atoms with E-state index in [4.69, 9.17) is 9.47 Å². The van der Waals surface area contributed by atoms with E-state index >= 15 is 0 Å². The molecule has 0 fully saturated rings. The molecule has 0 saturated carbocycles. The van der Waals surface area contributed by atoms with Gasteiger partial charge in [0.2, 0.25) is 0 Å². The standard InChI is InChI=1S/C14H13NO5/c1-19-10-4-5-11(14(8-10)20-2)9-3-6-13(16)12(7-9)15(17)18/h3-8,16H,1-2H3. The average Bonchev–Trinajstić information content (AvgIpc) is 2.46. The highest BCUT2D eigenvalue weighted by Crippen LogP contribution is 2.37. The summed E-state index contributed by atoms with van der Waals surface area (Å²) in [7, 11) is 3.05. The number of nitro benzene ring substituents is 1. The maximum Gasteiger partial charge on any atom is 0.311 e. The van der Waals surface area contributed by atoms with Crippen molar-refractivity contribution in [3.05, 3.63) is 46.5 Å². The van der Waals surface area contributed by atoms with Crippen LogP contribution >= 0.6 is 0 Å². The van der Waals surface area contributed by atoms with Gasteiger partial charge in [-0.25, -0.2) is 0 Å². The number of phenolic OH excluding ortho intramolecular Hbond substituents is 1. The molecule has 104 valence electrons. The number of ether oxygens (including phenoxy) is 2. The van der Waals surface area contributed by atoms with Crippen molar-refractivity contribution in [1.29, 1.82) is 0 Å². The molecule has 0 heterocycles. The van der Waals surface area contributed by atoms with Crippen LogP contribution in [-0.2, 0) is 0 Å². The maximum atomic E-state index is 10.9. The molecule has 1 N–H and O–H groups in total. The summed E-state index contributed by atoms with van der Waals surface area (Å²) in [5, 5.41) is 20.3. The van der Waals surface area contributed by atoms with Crippen LogP contribution in [0.2, 0.25) is 0 Å². The number of hydrogen-bond acceptors (Lipinski definition) is 5. The van der Waals surface area contributed by atoms with Crippen LogP contribution in [0.4, 0.5) is 5.69 Å². The van der Waals surface area contributed by atoms with Crippen molar-refractivity contribution in [2.45, 2.75) is 0 Å². The quantitative estimate of drug-likeness (QED) is 0.685. The molecule has 0 atom stereocenters. The molecular weight excluding hydrogens is 262 g/mol. The fraction of sp³-hybridized carbons (Fsp3) is 0.143. The van der Waals surface area contributed by atoms with Crippen LogP contribution in [-0.4, -0.2) is 24.2 Å². The first-order valence-corrected chi connectivity index (χ1v) is 5.76. The van der Waals surface area contributed by atoms with Gasteiger partial charge in [0.15, 0.2) is 5.75 Å². The lowest BCUT2D eigenvalue weighted by Crippen LogP contribution is -1.92. The molecule has 0 saturated heterocycles. The highest BCUT2D eigenvalue weighted by atomic mass is 16.6. The van der Waals surface area contributed by atoms with Crippen LogP contribution in [0, 0.1) is 10.1 Å². The van der Waals surface area contributed by atoms with Gasteiger partial charge in [0.05, 0.1) is 19.1 Å². The second kappa shape index (κ2) is 5.48. The Labute approximate surface area is 115 Å². The molecule has 0 bridgehead atoms. The predicted octanol–water partition coefficient (Wildman–Crippen LogP) is 2.98. The van der Waals surface area contributed by atoms with E-state index < -0.39 is 4.92 Å². The van der Waals surface area contributed by atoms with Crippen LogP contribution in [0.25, 0.3) is 11.1 Å². The zero-order valence-electron chi connectivity index (χ0n) is 11.0. The maximum absolute atomic E-state index is 10.9. The van der Waals surface area contributed by atoms with Crippen LogP contribution in [0.1, 0.15) is 0 Å². The summed E-state index contributed by atoms with van der Waals surface area (Å²) in [4.78, 5) is 10.2. The van der Waals surface area contributed by atoms with Crippen LogP contribution in [0.15, 0.2) is 36.4 Å². The molecule has 0 aliphatic rings. The van der Waals surface area contributed by atoms with Gasteiger partial charge in [0.1, 0.15) is 11.5 Å². The SMILES string of the molecule is COc1ccc(-c2ccc(O)c([N+](=O)[O-])c2)c(OC)c1. The van der Waals surface area contributed by atoms with Gasteiger partial charge in [0.25, 0.3) is 0 Å². The molecule has 2 aromatic carbocycles. The van der Waals surface area contributed by atoms with E-state index in [1.165, 1.54) is 19.2 Å². The molecule has 6 nitrogen and oxygen atoms in total. The van der Waals surface area contributed by atoms with Crippen molar-refractivity contribution in [2.75, 3.05) is 14.2 Å². The van der Waals surface area contributed by atoms with Crippen LogP contribution in [0.3, 0.4) is 0 Å². The molecule has 0 amide bonds. The largest absolute Gasteiger partial charge is 0.502 e. The summed E-state index contributed by atoms with van der Waals surface area (Å²) in [5.41, 5.74) is 0.908. The van der Waals surface area contributed by atoms with Crippen molar-refractivity contribution < 1.29 is 19.5 Å². The summed E-state index contributed by atoms with van der Waals surface area (Å²) in [6.45, 7) is 0. The average molecular weight is 275 g/mol. The number of methoxy groups -OCH3 is 2. The Morgan fingerprint density at radius 3 is 2.45 bits per heavy atom. The van der Waals surface area contributed by atoms with Crippen molar-refractivity contribution in [3.63, 3.8) is 0 Å². The molecule has 0 unspecified atom stereocenters. The first-order chi connectivity index (χ1) is 9.56. The van der Waals surface area contributed by atoms with E-state index in [9.17, 15) is 15.2 Å². The van der Waals surface area contributed by atoms with E-state index in [1.54, 1.807) is 31.4 Å². The van der Waals surface area contributed by atoms with Gasteiger partial charge < -0.3 is 14.6 Å². The van der Waals surface area contributed by atoms with E-state index in [0.29, 0.717) is 22.6 Å². The zero-order valence-corrected chi connectivity index (χ0v) is 11.0. The predicted molar refractivity (Wildman–Crippen MR) is 73.3 cm³/mol. The molecular formula is C14H13NO5. The highest BCUT2D eigenvalue weighted by Gasteiger charge is 2.16. The highest BCUT2D eigenvalue weighted by molar-refractivity contribution is 5.74. The number of nitrogens with zero attached hydrogens (tertiary/aromatic N) is 1. The van der Waals surface area contributed by atoms with Gasteiger partial charge in [-0.15, -0.1) is 0 Å². The number of rotatable bonds is 4. The van der Waals surface area contributed by atoms with Gasteiger partial charge in [-0.2, -0.15) is 0 Å². The molecule has 6 heteroatoms. The van der Waals surface area contributed by atoms with E-state index in [0.717, 1.165) is 0 Å². The fourth-order valence-corrected chi connectivity index (χ4v) is 1.87. The smallest absolute Gasteiger partial charge is 0.311 e. The van der Waals surface area contributed by atoms with Crippen molar-refractivity contribution >= 4 is 5.69 Å². The summed E-state index contributed by atoms with van der Waals surface area (Å²) in [6.07, 6.45) is 0. The molecule has 20 heavy (non-hydrogen) atoms. The van der Waals surface area contributed by atoms with Gasteiger partial charge >= 0.3 is 5.69 Å². The monoisotopic (exact) mass is 275 g/mol. The minimum atomic E-state index is -0.630. The van der Waals surface area contributed by atoms with Crippen molar-refractivity contribution in [1.82, 2.24) is 0 Å². The topological polar surface area (TPSA) is 81.8 Å². The minimum Gasteiger partial charge on any atom is -0.502 e. The third kappa shape index (κ3) is 2.49. The van der Waals surface area contributed by atoms with Gasteiger partial charge in [-0.3, -0.25) is 10.1 Å². The molecule has 0 aliphatic heterocycles. The van der Waals surface area contributed by atoms with E-state index in [2.05, 4.69) is 0 Å². The molecule has 2 aromatic rings. The number of benzene rings is 2. The summed E-state index contributed by atoms with van der Waals surface area (Å²) in [6, 6.07) is 9.35. The number of phenols is 1. The second-order valence-corrected chi connectivity index (χ2v) is 4.03. The van der Waals surface area contributed by atoms with Crippen LogP contribution < -0.4 is 9.47 Å². The summed E-state index contributed by atoms with van der Waals surface area (Å²) in [5.74, 6) is 0.787. The molecule has 0 aromatic heterocycles. The summed E-state index contributed by atoms with van der Waals surface area (Å²) < 4.78 is 10.4. The molecule has 2 rings (SSSR count). The lowest BCUT2D eigenvalue weighted by Gasteiger charge is -2.10. The third-order valence-electron chi connectivity index (χ3n) is 2.89. The third-order valence-corrected chi connectivity index (χ3v) is 2.89. The Kier molecular flexibility index (Phi) is 3.74. The fourth-order valence-electron chi connectivity index (χ4n) is 1.87. The van der Waals surface area contributed by atoms with Crippen LogP contribution in [0.5, 0.6) is 17.2 Å². The minimum absolute atomic E-state index is 0.347. The van der Waals surface area contributed by atoms with E-state index in [-0.39, 0.29) is 11.4 Å². The molecule has 0 aliphatic carbocycles. The Hall–Kier alpha value is -2.76. The normalized spacial score (nSPS) is 10.1.